The predicted molar refractivity (Wildman–Crippen MR) is 91.4 cm³/mol. The van der Waals surface area contributed by atoms with E-state index in [0.29, 0.717) is 13.1 Å². The lowest BCUT2D eigenvalue weighted by atomic mass is 10.2. The number of nitrogens with zero attached hydrogens (tertiary/aromatic N) is 2. The van der Waals surface area contributed by atoms with Crippen molar-refractivity contribution in [3.05, 3.63) is 29.8 Å². The highest BCUT2D eigenvalue weighted by Gasteiger charge is 2.26. The normalized spacial score (nSPS) is 21.0. The Hall–Kier alpha value is -1.71. The molecule has 128 valence electrons. The van der Waals surface area contributed by atoms with Crippen LogP contribution < -0.4 is 5.32 Å². The van der Waals surface area contributed by atoms with Gasteiger partial charge in [-0.15, -0.1) is 0 Å². The van der Waals surface area contributed by atoms with E-state index in [1.807, 2.05) is 0 Å². The topological polar surface area (TPSA) is 95.9 Å². The molecule has 2 fully saturated rings. The van der Waals surface area contributed by atoms with Gasteiger partial charge in [-0.3, -0.25) is 9.59 Å². The van der Waals surface area contributed by atoms with Gasteiger partial charge in [-0.25, -0.2) is 8.42 Å². The minimum Gasteiger partial charge on any atom is -0.304 e. The molecule has 0 atom stereocenters. The molecule has 0 unspecified atom stereocenters. The molecule has 2 amide bonds. The second kappa shape index (κ2) is 7.04. The Morgan fingerprint density at radius 3 is 2.38 bits per heavy atom. The summed E-state index contributed by atoms with van der Waals surface area (Å²) in [5.41, 5.74) is 0.279. The summed E-state index contributed by atoms with van der Waals surface area (Å²) in [6.45, 7) is 1.07. The van der Waals surface area contributed by atoms with Gasteiger partial charge in [0.2, 0.25) is 15.9 Å². The van der Waals surface area contributed by atoms with Crippen molar-refractivity contribution in [3.8, 4) is 0 Å². The van der Waals surface area contributed by atoms with Crippen LogP contribution in [0.25, 0.3) is 0 Å². The SMILES string of the molecule is O=C1CSC(=NC(=O)c2ccc(S(=O)(=O)N3CCCCC3)cc2)N1. The van der Waals surface area contributed by atoms with Crippen LogP contribution in [0.15, 0.2) is 34.2 Å². The van der Waals surface area contributed by atoms with Crippen LogP contribution in [0.5, 0.6) is 0 Å². The fourth-order valence-corrected chi connectivity index (χ4v) is 4.76. The average molecular weight is 367 g/mol. The van der Waals surface area contributed by atoms with E-state index in [-0.39, 0.29) is 27.3 Å². The first-order valence-corrected chi connectivity index (χ1v) is 10.1. The first-order chi connectivity index (χ1) is 11.5. The van der Waals surface area contributed by atoms with E-state index in [2.05, 4.69) is 10.3 Å². The molecule has 0 saturated carbocycles. The maximum absolute atomic E-state index is 12.5. The van der Waals surface area contributed by atoms with Crippen molar-refractivity contribution in [2.45, 2.75) is 24.2 Å². The molecule has 2 aliphatic heterocycles. The molecule has 0 aliphatic carbocycles. The lowest BCUT2D eigenvalue weighted by Crippen LogP contribution is -2.35. The van der Waals surface area contributed by atoms with Crippen molar-refractivity contribution in [1.29, 1.82) is 0 Å². The van der Waals surface area contributed by atoms with Gasteiger partial charge in [-0.1, -0.05) is 18.2 Å². The number of sulfonamides is 1. The van der Waals surface area contributed by atoms with Gasteiger partial charge in [-0.05, 0) is 37.1 Å². The third-order valence-corrected chi connectivity index (χ3v) is 6.63. The van der Waals surface area contributed by atoms with Gasteiger partial charge < -0.3 is 5.32 Å². The maximum Gasteiger partial charge on any atom is 0.279 e. The fraction of sp³-hybridized carbons (Fsp3) is 0.400. The molecule has 2 saturated heterocycles. The van der Waals surface area contributed by atoms with E-state index in [9.17, 15) is 18.0 Å². The number of piperidine rings is 1. The number of carbonyl (C=O) groups is 2. The minimum atomic E-state index is -3.51. The molecular formula is C15H17N3O4S2. The Balaban J connectivity index is 1.75. The fourth-order valence-electron chi connectivity index (χ4n) is 2.57. The van der Waals surface area contributed by atoms with Gasteiger partial charge in [0.15, 0.2) is 5.17 Å². The quantitative estimate of drug-likeness (QED) is 0.867. The van der Waals surface area contributed by atoms with E-state index in [1.165, 1.54) is 40.3 Å². The van der Waals surface area contributed by atoms with Crippen molar-refractivity contribution < 1.29 is 18.0 Å². The number of nitrogens with one attached hydrogen (secondary N) is 1. The van der Waals surface area contributed by atoms with Crippen LogP contribution in [-0.4, -0.2) is 48.5 Å². The van der Waals surface area contributed by atoms with Gasteiger partial charge in [-0.2, -0.15) is 9.30 Å². The van der Waals surface area contributed by atoms with Crippen LogP contribution in [-0.2, 0) is 14.8 Å². The van der Waals surface area contributed by atoms with Gasteiger partial charge >= 0.3 is 0 Å². The van der Waals surface area contributed by atoms with Gasteiger partial charge in [0, 0.05) is 18.7 Å². The first kappa shape index (κ1) is 17.1. The molecule has 0 bridgehead atoms. The summed E-state index contributed by atoms with van der Waals surface area (Å²) in [7, 11) is -3.51. The lowest BCUT2D eigenvalue weighted by molar-refractivity contribution is -0.116. The molecule has 1 aromatic carbocycles. The molecule has 2 aliphatic rings. The predicted octanol–water partition coefficient (Wildman–Crippen LogP) is 1.22. The van der Waals surface area contributed by atoms with Gasteiger partial charge in [0.1, 0.15) is 0 Å². The molecular weight excluding hydrogens is 350 g/mol. The number of amides is 2. The molecule has 0 spiro atoms. The average Bonchev–Trinajstić information content (AvgIpc) is 3.00. The number of benzene rings is 1. The Labute approximate surface area is 144 Å². The number of hydrogen-bond donors (Lipinski definition) is 1. The van der Waals surface area contributed by atoms with E-state index in [1.54, 1.807) is 0 Å². The molecule has 3 rings (SSSR count). The van der Waals surface area contributed by atoms with E-state index in [0.717, 1.165) is 19.3 Å². The summed E-state index contributed by atoms with van der Waals surface area (Å²) < 4.78 is 26.6. The smallest absolute Gasteiger partial charge is 0.279 e. The van der Waals surface area contributed by atoms with Crippen LogP contribution in [0.4, 0.5) is 0 Å². The summed E-state index contributed by atoms with van der Waals surface area (Å²) in [6.07, 6.45) is 2.79. The molecule has 7 nitrogen and oxygen atoms in total. The zero-order valence-corrected chi connectivity index (χ0v) is 14.5. The molecule has 2 heterocycles. The van der Waals surface area contributed by atoms with Crippen molar-refractivity contribution >= 4 is 38.8 Å². The molecule has 0 aromatic heterocycles. The molecule has 24 heavy (non-hydrogen) atoms. The Morgan fingerprint density at radius 1 is 1.12 bits per heavy atom. The van der Waals surface area contributed by atoms with E-state index < -0.39 is 15.9 Å². The Bertz CT molecular complexity index is 781. The summed E-state index contributed by atoms with van der Waals surface area (Å²) >= 11 is 1.17. The van der Waals surface area contributed by atoms with Crippen LogP contribution in [0.3, 0.4) is 0 Å². The van der Waals surface area contributed by atoms with Crippen LogP contribution in [0, 0.1) is 0 Å². The summed E-state index contributed by atoms with van der Waals surface area (Å²) in [5.74, 6) is -0.449. The van der Waals surface area contributed by atoms with Crippen molar-refractivity contribution in [3.63, 3.8) is 0 Å². The number of thioether (sulfide) groups is 1. The Morgan fingerprint density at radius 2 is 1.79 bits per heavy atom. The number of amidine groups is 1. The van der Waals surface area contributed by atoms with Crippen molar-refractivity contribution in [1.82, 2.24) is 9.62 Å². The number of rotatable bonds is 3. The van der Waals surface area contributed by atoms with Gasteiger partial charge in [0.05, 0.1) is 10.6 Å². The second-order valence-corrected chi connectivity index (χ2v) is 8.45. The molecule has 1 aromatic rings. The number of hydrogen-bond acceptors (Lipinski definition) is 5. The van der Waals surface area contributed by atoms with E-state index >= 15 is 0 Å². The highest BCUT2D eigenvalue weighted by atomic mass is 32.2. The standard InChI is InChI=1S/C15H17N3O4S2/c19-13-10-23-15(16-13)17-14(20)11-4-6-12(7-5-11)24(21,22)18-8-2-1-3-9-18/h4-7H,1-3,8-10H2,(H,16,17,19,20). The third kappa shape index (κ3) is 3.68. The first-order valence-electron chi connectivity index (χ1n) is 7.63. The second-order valence-electron chi connectivity index (χ2n) is 5.55. The Kier molecular flexibility index (Phi) is 5.02. The third-order valence-electron chi connectivity index (χ3n) is 3.84. The van der Waals surface area contributed by atoms with Crippen molar-refractivity contribution in [2.24, 2.45) is 4.99 Å². The summed E-state index contributed by atoms with van der Waals surface area (Å²) in [4.78, 5) is 27.1. The van der Waals surface area contributed by atoms with Crippen LogP contribution in [0.1, 0.15) is 29.6 Å². The summed E-state index contributed by atoms with van der Waals surface area (Å²) in [6, 6.07) is 5.75. The number of aliphatic imine (C=N–C) groups is 1. The van der Waals surface area contributed by atoms with Crippen molar-refractivity contribution in [2.75, 3.05) is 18.8 Å². The van der Waals surface area contributed by atoms with Crippen LogP contribution in [0.2, 0.25) is 0 Å². The van der Waals surface area contributed by atoms with Crippen LogP contribution >= 0.6 is 11.8 Å². The van der Waals surface area contributed by atoms with Gasteiger partial charge in [0.25, 0.3) is 5.91 Å². The monoisotopic (exact) mass is 367 g/mol. The highest BCUT2D eigenvalue weighted by Crippen LogP contribution is 2.21. The molecule has 9 heteroatoms. The molecule has 0 radical (unpaired) electrons. The van der Waals surface area contributed by atoms with E-state index in [4.69, 9.17) is 0 Å². The maximum atomic E-state index is 12.5. The number of carbonyl (C=O) groups excluding carboxylic acids is 2. The summed E-state index contributed by atoms with van der Waals surface area (Å²) in [5, 5.41) is 2.76. The lowest BCUT2D eigenvalue weighted by Gasteiger charge is -2.25. The molecule has 1 N–H and O–H groups in total. The minimum absolute atomic E-state index is 0.178. The zero-order chi connectivity index (χ0) is 17.2. The largest absolute Gasteiger partial charge is 0.304 e. The highest BCUT2D eigenvalue weighted by molar-refractivity contribution is 8.15. The zero-order valence-electron chi connectivity index (χ0n) is 12.9.